The molecule has 1 heterocycles. The Bertz CT molecular complexity index is 848. The molecule has 0 bridgehead atoms. The van der Waals surface area contributed by atoms with Crippen molar-refractivity contribution >= 4 is 6.21 Å². The molecular weight excluding hydrogens is 288 g/mol. The van der Waals surface area contributed by atoms with Gasteiger partial charge < -0.3 is 5.43 Å². The predicted octanol–water partition coefficient (Wildman–Crippen LogP) is 2.60. The van der Waals surface area contributed by atoms with Gasteiger partial charge in [-0.15, -0.1) is 0 Å². The number of hydrogen-bond acceptors (Lipinski definition) is 3. The van der Waals surface area contributed by atoms with Gasteiger partial charge in [0.1, 0.15) is 0 Å². The van der Waals surface area contributed by atoms with Gasteiger partial charge in [-0.1, -0.05) is 48.5 Å². The summed E-state index contributed by atoms with van der Waals surface area (Å²) in [5.74, 6) is 0. The van der Waals surface area contributed by atoms with Gasteiger partial charge >= 0.3 is 0 Å². The van der Waals surface area contributed by atoms with E-state index in [-0.39, 0.29) is 5.56 Å². The van der Waals surface area contributed by atoms with Crippen LogP contribution in [0.25, 0.3) is 5.69 Å². The summed E-state index contributed by atoms with van der Waals surface area (Å²) in [6.07, 6.45) is 1.57. The topological polar surface area (TPSA) is 62.2 Å². The summed E-state index contributed by atoms with van der Waals surface area (Å²) in [4.78, 5) is 12.5. The van der Waals surface area contributed by atoms with Crippen LogP contribution in [0.4, 0.5) is 0 Å². The molecule has 3 aromatic rings. The highest BCUT2D eigenvalue weighted by atomic mass is 16.1. The molecule has 0 radical (unpaired) electrons. The molecule has 2 aromatic carbocycles. The third-order valence-electron chi connectivity index (χ3n) is 3.54. The lowest BCUT2D eigenvalue weighted by Crippen LogP contribution is -2.17. The zero-order chi connectivity index (χ0) is 16.1. The van der Waals surface area contributed by atoms with Gasteiger partial charge in [-0.05, 0) is 24.6 Å². The summed E-state index contributed by atoms with van der Waals surface area (Å²) in [6, 6.07) is 19.4. The smallest absolute Gasteiger partial charge is 0.280 e. The molecule has 0 atom stereocenters. The van der Waals surface area contributed by atoms with E-state index in [1.807, 2.05) is 67.6 Å². The second-order valence-electron chi connectivity index (χ2n) is 5.21. The van der Waals surface area contributed by atoms with Crippen molar-refractivity contribution in [3.63, 3.8) is 0 Å². The Labute approximate surface area is 134 Å². The molecule has 0 spiro atoms. The number of aromatic amines is 1. The molecule has 1 aromatic heterocycles. The van der Waals surface area contributed by atoms with E-state index in [4.69, 9.17) is 0 Å². The third-order valence-corrected chi connectivity index (χ3v) is 3.54. The molecule has 5 nitrogen and oxygen atoms in total. The summed E-state index contributed by atoms with van der Waals surface area (Å²) in [5, 5.41) is 7.23. The normalized spacial score (nSPS) is 11.0. The Hall–Kier alpha value is -3.08. The molecule has 0 amide bonds. The van der Waals surface area contributed by atoms with Crippen LogP contribution in [0.5, 0.6) is 0 Å². The number of hydrogen-bond donors (Lipinski definition) is 2. The Kier molecular flexibility index (Phi) is 4.38. The van der Waals surface area contributed by atoms with Crippen LogP contribution in [0.15, 0.2) is 70.6 Å². The van der Waals surface area contributed by atoms with Crippen LogP contribution < -0.4 is 11.0 Å². The molecule has 5 heteroatoms. The number of nitrogens with one attached hydrogen (secondary N) is 2. The quantitative estimate of drug-likeness (QED) is 0.562. The van der Waals surface area contributed by atoms with Gasteiger partial charge in [-0.3, -0.25) is 9.89 Å². The summed E-state index contributed by atoms with van der Waals surface area (Å²) < 4.78 is 1.52. The molecule has 3 rings (SSSR count). The van der Waals surface area contributed by atoms with Crippen molar-refractivity contribution in [2.24, 2.45) is 5.10 Å². The van der Waals surface area contributed by atoms with Crippen LogP contribution in [0, 0.1) is 6.92 Å². The average molecular weight is 306 g/mol. The highest BCUT2D eigenvalue weighted by molar-refractivity contribution is 5.80. The monoisotopic (exact) mass is 306 g/mol. The number of aromatic nitrogens is 2. The maximum absolute atomic E-state index is 12.5. The van der Waals surface area contributed by atoms with Gasteiger partial charge in [0.25, 0.3) is 5.56 Å². The Morgan fingerprint density at radius 3 is 2.43 bits per heavy atom. The Morgan fingerprint density at radius 2 is 1.74 bits per heavy atom. The van der Waals surface area contributed by atoms with Crippen LogP contribution >= 0.6 is 0 Å². The maximum atomic E-state index is 12.5. The highest BCUT2D eigenvalue weighted by Gasteiger charge is 2.10. The zero-order valence-corrected chi connectivity index (χ0v) is 12.9. The van der Waals surface area contributed by atoms with E-state index in [0.717, 1.165) is 16.9 Å². The molecule has 0 fully saturated rings. The zero-order valence-electron chi connectivity index (χ0n) is 12.9. The minimum Gasteiger partial charge on any atom is -0.306 e. The fourth-order valence-corrected chi connectivity index (χ4v) is 2.31. The van der Waals surface area contributed by atoms with Crippen molar-refractivity contribution < 1.29 is 0 Å². The first kappa shape index (κ1) is 14.8. The fraction of sp³-hybridized carbons (Fsp3) is 0.111. The van der Waals surface area contributed by atoms with Crippen LogP contribution in [-0.2, 0) is 6.54 Å². The van der Waals surface area contributed by atoms with Gasteiger partial charge in [0.05, 0.1) is 24.0 Å². The second-order valence-corrected chi connectivity index (χ2v) is 5.21. The number of para-hydroxylation sites is 1. The van der Waals surface area contributed by atoms with Crippen molar-refractivity contribution in [2.45, 2.75) is 13.5 Å². The fourth-order valence-electron chi connectivity index (χ4n) is 2.31. The number of rotatable bonds is 5. The lowest BCUT2D eigenvalue weighted by molar-refractivity contribution is 0.748. The van der Waals surface area contributed by atoms with Crippen LogP contribution in [0.2, 0.25) is 0 Å². The first-order valence-corrected chi connectivity index (χ1v) is 7.42. The summed E-state index contributed by atoms with van der Waals surface area (Å²) >= 11 is 0. The summed E-state index contributed by atoms with van der Waals surface area (Å²) in [5.41, 5.74) is 6.12. The van der Waals surface area contributed by atoms with Gasteiger partial charge in [-0.25, -0.2) is 4.68 Å². The number of nitrogens with zero attached hydrogens (tertiary/aromatic N) is 2. The number of benzene rings is 2. The van der Waals surface area contributed by atoms with Crippen molar-refractivity contribution in [3.05, 3.63) is 87.8 Å². The summed E-state index contributed by atoms with van der Waals surface area (Å²) in [6.45, 7) is 2.48. The van der Waals surface area contributed by atoms with Crippen molar-refractivity contribution in [3.8, 4) is 5.69 Å². The lowest BCUT2D eigenvalue weighted by atomic mass is 10.2. The number of hydrazone groups is 1. The van der Waals surface area contributed by atoms with E-state index < -0.39 is 0 Å². The van der Waals surface area contributed by atoms with Crippen LogP contribution in [0.3, 0.4) is 0 Å². The van der Waals surface area contributed by atoms with E-state index in [2.05, 4.69) is 15.6 Å². The van der Waals surface area contributed by atoms with Crippen LogP contribution in [-0.4, -0.2) is 16.0 Å². The molecular formula is C18H18N4O. The summed E-state index contributed by atoms with van der Waals surface area (Å²) in [7, 11) is 0. The lowest BCUT2D eigenvalue weighted by Gasteiger charge is -1.99. The number of aryl methyl sites for hydroxylation is 1. The largest absolute Gasteiger partial charge is 0.306 e. The van der Waals surface area contributed by atoms with Crippen LogP contribution in [0.1, 0.15) is 16.8 Å². The number of H-pyrrole nitrogens is 1. The van der Waals surface area contributed by atoms with E-state index in [1.54, 1.807) is 6.21 Å². The second kappa shape index (κ2) is 6.79. The first-order valence-electron chi connectivity index (χ1n) is 7.42. The Balaban J connectivity index is 1.75. The average Bonchev–Trinajstić information content (AvgIpc) is 2.88. The highest BCUT2D eigenvalue weighted by Crippen LogP contribution is 2.05. The standard InChI is InChI=1S/C18H18N4O/c1-14-17(13-20-19-12-15-8-4-2-5-9-15)18(23)22(21-14)16-10-6-3-7-11-16/h2-11,13,19,21H,12H2,1H3/b20-13-. The van der Waals surface area contributed by atoms with E-state index in [9.17, 15) is 4.79 Å². The Morgan fingerprint density at radius 1 is 1.09 bits per heavy atom. The van der Waals surface area contributed by atoms with Crippen molar-refractivity contribution in [1.29, 1.82) is 0 Å². The molecule has 116 valence electrons. The van der Waals surface area contributed by atoms with Crippen molar-refractivity contribution in [1.82, 2.24) is 15.2 Å². The minimum atomic E-state index is -0.112. The molecule has 2 N–H and O–H groups in total. The molecule has 0 saturated heterocycles. The van der Waals surface area contributed by atoms with Crippen molar-refractivity contribution in [2.75, 3.05) is 0 Å². The van der Waals surface area contributed by atoms with Gasteiger partial charge in [-0.2, -0.15) is 5.10 Å². The minimum absolute atomic E-state index is 0.112. The predicted molar refractivity (Wildman–Crippen MR) is 92.0 cm³/mol. The molecule has 23 heavy (non-hydrogen) atoms. The van der Waals surface area contributed by atoms with Gasteiger partial charge in [0.2, 0.25) is 0 Å². The molecule has 0 saturated carbocycles. The third kappa shape index (κ3) is 3.40. The van der Waals surface area contributed by atoms with Gasteiger partial charge in [0, 0.05) is 5.69 Å². The molecule has 0 aliphatic rings. The molecule has 0 unspecified atom stereocenters. The molecule has 0 aliphatic heterocycles. The van der Waals surface area contributed by atoms with E-state index in [1.165, 1.54) is 4.68 Å². The van der Waals surface area contributed by atoms with E-state index in [0.29, 0.717) is 12.1 Å². The van der Waals surface area contributed by atoms with Gasteiger partial charge in [0.15, 0.2) is 0 Å². The molecule has 0 aliphatic carbocycles. The SMILES string of the molecule is Cc1[nH]n(-c2ccccc2)c(=O)c1/C=N\NCc1ccccc1. The van der Waals surface area contributed by atoms with E-state index >= 15 is 0 Å². The maximum Gasteiger partial charge on any atom is 0.280 e. The first-order chi connectivity index (χ1) is 11.3.